The number of hydrogen-bond donors (Lipinski definition) is 1. The molecule has 0 spiro atoms. The van der Waals surface area contributed by atoms with Crippen molar-refractivity contribution in [2.45, 2.75) is 6.42 Å². The van der Waals surface area contributed by atoms with Gasteiger partial charge >= 0.3 is 17.8 Å². The number of carbonyl (C=O) groups is 2. The van der Waals surface area contributed by atoms with Crippen LogP contribution in [-0.2, 0) is 16.0 Å². The van der Waals surface area contributed by atoms with Gasteiger partial charge in [0, 0.05) is 6.07 Å². The highest BCUT2D eigenvalue weighted by atomic mass is 16.6. The first-order chi connectivity index (χ1) is 7.93. The number of aliphatic carboxylic acids is 1. The lowest BCUT2D eigenvalue weighted by Crippen LogP contribution is -2.08. The summed E-state index contributed by atoms with van der Waals surface area (Å²) in [5.41, 5.74) is -0.183. The molecule has 0 aliphatic carbocycles. The summed E-state index contributed by atoms with van der Waals surface area (Å²) in [6.45, 7) is 0. The molecule has 0 fully saturated rings. The molecule has 1 N–H and O–H groups in total. The number of ether oxygens (including phenoxy) is 1. The Labute approximate surface area is 95.0 Å². The van der Waals surface area contributed by atoms with Crippen LogP contribution in [0.4, 0.5) is 5.82 Å². The molecule has 0 aromatic carbocycles. The molecule has 0 radical (unpaired) electrons. The largest absolute Gasteiger partial charge is 0.481 e. The molecule has 1 rings (SSSR count). The van der Waals surface area contributed by atoms with Crippen molar-refractivity contribution < 1.29 is 24.4 Å². The van der Waals surface area contributed by atoms with Gasteiger partial charge in [0.05, 0.1) is 18.7 Å². The van der Waals surface area contributed by atoms with Gasteiger partial charge in [-0.2, -0.15) is 0 Å². The maximum Gasteiger partial charge on any atom is 0.364 e. The summed E-state index contributed by atoms with van der Waals surface area (Å²) >= 11 is 0. The second-order valence-corrected chi connectivity index (χ2v) is 3.02. The van der Waals surface area contributed by atoms with Gasteiger partial charge in [0.25, 0.3) is 0 Å². The Morgan fingerprint density at radius 3 is 2.65 bits per heavy atom. The zero-order valence-electron chi connectivity index (χ0n) is 8.74. The summed E-state index contributed by atoms with van der Waals surface area (Å²) in [4.78, 5) is 34.9. The molecular weight excluding hydrogens is 232 g/mol. The molecule has 0 amide bonds. The van der Waals surface area contributed by atoms with E-state index in [2.05, 4.69) is 9.72 Å². The van der Waals surface area contributed by atoms with Gasteiger partial charge in [0.15, 0.2) is 5.69 Å². The van der Waals surface area contributed by atoms with Crippen molar-refractivity contribution in [2.24, 2.45) is 0 Å². The lowest BCUT2D eigenvalue weighted by molar-refractivity contribution is -0.389. The number of methoxy groups -OCH3 is 1. The predicted molar refractivity (Wildman–Crippen MR) is 53.6 cm³/mol. The maximum absolute atomic E-state index is 11.2. The quantitative estimate of drug-likeness (QED) is 0.459. The molecule has 1 aromatic heterocycles. The highest BCUT2D eigenvalue weighted by Gasteiger charge is 2.19. The zero-order chi connectivity index (χ0) is 13.0. The summed E-state index contributed by atoms with van der Waals surface area (Å²) in [7, 11) is 1.12. The number of esters is 1. The van der Waals surface area contributed by atoms with E-state index in [1.165, 1.54) is 0 Å². The van der Waals surface area contributed by atoms with E-state index in [1.807, 2.05) is 0 Å². The number of carbonyl (C=O) groups excluding carboxylic acids is 1. The standard InChI is InChI=1S/C9H8N2O6/c1-17-9(14)5-2-6(4-8(12)13)10-7(3-5)11(15)16/h2-3H,4H2,1H3,(H,12,13). The van der Waals surface area contributed by atoms with Crippen molar-refractivity contribution in [3.8, 4) is 0 Å². The van der Waals surface area contributed by atoms with Crippen LogP contribution in [0.5, 0.6) is 0 Å². The molecule has 0 bridgehead atoms. The third kappa shape index (κ3) is 3.23. The van der Waals surface area contributed by atoms with Crippen molar-refractivity contribution in [2.75, 3.05) is 7.11 Å². The van der Waals surface area contributed by atoms with Crippen LogP contribution in [0.15, 0.2) is 12.1 Å². The highest BCUT2D eigenvalue weighted by Crippen LogP contribution is 2.14. The second kappa shape index (κ2) is 5.01. The highest BCUT2D eigenvalue weighted by molar-refractivity contribution is 5.90. The van der Waals surface area contributed by atoms with Gasteiger partial charge in [0.1, 0.15) is 6.42 Å². The van der Waals surface area contributed by atoms with Crippen LogP contribution in [0.3, 0.4) is 0 Å². The average molecular weight is 240 g/mol. The summed E-state index contributed by atoms with van der Waals surface area (Å²) in [6, 6.07) is 2.07. The number of hydrogen-bond acceptors (Lipinski definition) is 6. The van der Waals surface area contributed by atoms with Gasteiger partial charge in [-0.1, -0.05) is 0 Å². The molecule has 0 atom stereocenters. The minimum atomic E-state index is -1.20. The fraction of sp³-hybridized carbons (Fsp3) is 0.222. The molecule has 8 heteroatoms. The zero-order valence-corrected chi connectivity index (χ0v) is 8.74. The molecule has 1 heterocycles. The third-order valence-corrected chi connectivity index (χ3v) is 1.81. The summed E-state index contributed by atoms with van der Waals surface area (Å²) in [5.74, 6) is -2.58. The number of carboxylic acid groups (broad SMARTS) is 1. The van der Waals surface area contributed by atoms with E-state index in [0.29, 0.717) is 0 Å². The Hall–Kier alpha value is -2.51. The second-order valence-electron chi connectivity index (χ2n) is 3.02. The molecule has 17 heavy (non-hydrogen) atoms. The first-order valence-corrected chi connectivity index (χ1v) is 4.39. The average Bonchev–Trinajstić information content (AvgIpc) is 2.26. The van der Waals surface area contributed by atoms with Crippen molar-refractivity contribution in [1.82, 2.24) is 4.98 Å². The van der Waals surface area contributed by atoms with E-state index in [4.69, 9.17) is 5.11 Å². The molecule has 90 valence electrons. The van der Waals surface area contributed by atoms with E-state index in [-0.39, 0.29) is 11.3 Å². The van der Waals surface area contributed by atoms with Crippen molar-refractivity contribution in [3.05, 3.63) is 33.5 Å². The summed E-state index contributed by atoms with van der Waals surface area (Å²) in [5, 5.41) is 19.1. The van der Waals surface area contributed by atoms with Crippen LogP contribution < -0.4 is 0 Å². The summed E-state index contributed by atoms with van der Waals surface area (Å²) in [6.07, 6.45) is -0.508. The monoisotopic (exact) mass is 240 g/mol. The molecule has 0 saturated heterocycles. The van der Waals surface area contributed by atoms with Crippen LogP contribution in [0.25, 0.3) is 0 Å². The van der Waals surface area contributed by atoms with E-state index in [9.17, 15) is 19.7 Å². The van der Waals surface area contributed by atoms with Gasteiger partial charge < -0.3 is 20.0 Å². The fourth-order valence-corrected chi connectivity index (χ4v) is 1.15. The van der Waals surface area contributed by atoms with Crippen molar-refractivity contribution >= 4 is 17.8 Å². The minimum Gasteiger partial charge on any atom is -0.481 e. The molecule has 0 unspecified atom stereocenters. The minimum absolute atomic E-state index is 0.0768. The van der Waals surface area contributed by atoms with E-state index < -0.39 is 29.1 Å². The number of nitro groups is 1. The van der Waals surface area contributed by atoms with Gasteiger partial charge in [-0.3, -0.25) is 4.79 Å². The van der Waals surface area contributed by atoms with Gasteiger partial charge in [-0.25, -0.2) is 4.79 Å². The van der Waals surface area contributed by atoms with E-state index in [1.54, 1.807) is 0 Å². The van der Waals surface area contributed by atoms with Gasteiger partial charge in [0.2, 0.25) is 0 Å². The van der Waals surface area contributed by atoms with Crippen LogP contribution in [0.2, 0.25) is 0 Å². The maximum atomic E-state index is 11.2. The lowest BCUT2D eigenvalue weighted by Gasteiger charge is -2.00. The van der Waals surface area contributed by atoms with Gasteiger partial charge in [-0.05, 0) is 9.91 Å². The van der Waals surface area contributed by atoms with E-state index in [0.717, 1.165) is 19.2 Å². The Kier molecular flexibility index (Phi) is 3.70. The molecular formula is C9H8N2O6. The molecule has 0 aliphatic heterocycles. The molecule has 0 aliphatic rings. The van der Waals surface area contributed by atoms with E-state index >= 15 is 0 Å². The SMILES string of the molecule is COC(=O)c1cc(CC(=O)O)nc([N+](=O)[O-])c1. The number of pyridine rings is 1. The molecule has 1 aromatic rings. The van der Waals surface area contributed by atoms with Crippen LogP contribution in [0.1, 0.15) is 16.1 Å². The Balaban J connectivity index is 3.23. The lowest BCUT2D eigenvalue weighted by atomic mass is 10.2. The van der Waals surface area contributed by atoms with Crippen LogP contribution >= 0.6 is 0 Å². The Bertz CT molecular complexity index is 484. The molecule has 8 nitrogen and oxygen atoms in total. The van der Waals surface area contributed by atoms with Crippen molar-refractivity contribution in [3.63, 3.8) is 0 Å². The Morgan fingerprint density at radius 1 is 1.53 bits per heavy atom. The number of aromatic nitrogens is 1. The normalized spacial score (nSPS) is 9.71. The van der Waals surface area contributed by atoms with Crippen LogP contribution in [-0.4, -0.2) is 34.1 Å². The summed E-state index contributed by atoms with van der Waals surface area (Å²) < 4.78 is 4.39. The number of rotatable bonds is 4. The first kappa shape index (κ1) is 12.6. The predicted octanol–water partition coefficient (Wildman–Crippen LogP) is 0.403. The van der Waals surface area contributed by atoms with Crippen LogP contribution in [0, 0.1) is 10.1 Å². The number of carboxylic acids is 1. The third-order valence-electron chi connectivity index (χ3n) is 1.81. The molecule has 0 saturated carbocycles. The topological polar surface area (TPSA) is 120 Å². The van der Waals surface area contributed by atoms with Gasteiger partial charge in [-0.15, -0.1) is 0 Å². The fourth-order valence-electron chi connectivity index (χ4n) is 1.15. The number of nitrogens with zero attached hydrogens (tertiary/aromatic N) is 2. The smallest absolute Gasteiger partial charge is 0.364 e. The Morgan fingerprint density at radius 2 is 2.18 bits per heavy atom. The first-order valence-electron chi connectivity index (χ1n) is 4.39. The van der Waals surface area contributed by atoms with Crippen molar-refractivity contribution in [1.29, 1.82) is 0 Å².